The number of carbonyl (C=O) groups excluding carboxylic acids is 1. The fourth-order valence-electron chi connectivity index (χ4n) is 1.60. The highest BCUT2D eigenvalue weighted by Crippen LogP contribution is 2.22. The average Bonchev–Trinajstić information content (AvgIpc) is 2.39. The molecule has 0 fully saturated rings. The number of aromatic hydroxyl groups is 2. The topological polar surface area (TPSA) is 57.5 Å². The lowest BCUT2D eigenvalue weighted by atomic mass is 10.1. The van der Waals surface area contributed by atoms with Crippen LogP contribution in [0.15, 0.2) is 48.5 Å². The summed E-state index contributed by atoms with van der Waals surface area (Å²) in [7, 11) is 0. The van der Waals surface area contributed by atoms with Gasteiger partial charge in [0.1, 0.15) is 11.5 Å². The molecule has 0 aliphatic rings. The van der Waals surface area contributed by atoms with Crippen LogP contribution in [0, 0.1) is 0 Å². The van der Waals surface area contributed by atoms with Crippen LogP contribution in [-0.4, -0.2) is 16.0 Å². The highest BCUT2D eigenvalue weighted by molar-refractivity contribution is 6.31. The minimum absolute atomic E-state index is 0.116. The lowest BCUT2D eigenvalue weighted by molar-refractivity contribution is 0.104. The predicted octanol–water partition coefficient (Wildman–Crippen LogP) is 3.65. The Kier molecular flexibility index (Phi) is 3.88. The number of ketones is 1. The minimum Gasteiger partial charge on any atom is -0.508 e. The van der Waals surface area contributed by atoms with Crippen molar-refractivity contribution in [3.8, 4) is 11.5 Å². The van der Waals surface area contributed by atoms with Crippen molar-refractivity contribution in [2.75, 3.05) is 0 Å². The van der Waals surface area contributed by atoms with Crippen molar-refractivity contribution in [3.05, 3.63) is 64.7 Å². The highest BCUT2D eigenvalue weighted by Gasteiger charge is 2.08. The van der Waals surface area contributed by atoms with Crippen LogP contribution in [0.2, 0.25) is 5.02 Å². The number of halogens is 1. The summed E-state index contributed by atoms with van der Waals surface area (Å²) in [4.78, 5) is 11.9. The number of hydrogen-bond acceptors (Lipinski definition) is 3. The first-order valence-corrected chi connectivity index (χ1v) is 5.94. The molecule has 0 aliphatic heterocycles. The van der Waals surface area contributed by atoms with Gasteiger partial charge >= 0.3 is 0 Å². The third kappa shape index (κ3) is 3.36. The molecule has 0 aliphatic carbocycles. The summed E-state index contributed by atoms with van der Waals surface area (Å²) >= 11 is 5.78. The van der Waals surface area contributed by atoms with E-state index in [-0.39, 0.29) is 22.8 Å². The largest absolute Gasteiger partial charge is 0.508 e. The average molecular weight is 275 g/mol. The standard InChI is InChI=1S/C15H11ClO3/c16-11-5-7-15(19)13(9-11)14(18)6-4-10-2-1-3-12(17)8-10/h1-9,17,19H/b6-4+. The Morgan fingerprint density at radius 3 is 2.63 bits per heavy atom. The maximum Gasteiger partial charge on any atom is 0.189 e. The van der Waals surface area contributed by atoms with Gasteiger partial charge in [0.15, 0.2) is 5.78 Å². The second-order valence-corrected chi connectivity index (χ2v) is 4.39. The van der Waals surface area contributed by atoms with Crippen LogP contribution in [0.5, 0.6) is 11.5 Å². The Hall–Kier alpha value is -2.26. The number of phenolic OH excluding ortho intramolecular Hbond substituents is 2. The molecule has 2 aromatic rings. The molecule has 0 heterocycles. The Morgan fingerprint density at radius 1 is 1.11 bits per heavy atom. The SMILES string of the molecule is O=C(/C=C/c1cccc(O)c1)c1cc(Cl)ccc1O. The van der Waals surface area contributed by atoms with Gasteiger partial charge in [0.05, 0.1) is 5.56 Å². The highest BCUT2D eigenvalue weighted by atomic mass is 35.5. The Bertz CT molecular complexity index is 648. The molecule has 0 saturated heterocycles. The van der Waals surface area contributed by atoms with Gasteiger partial charge < -0.3 is 10.2 Å². The number of phenols is 2. The molecule has 0 radical (unpaired) electrons. The van der Waals surface area contributed by atoms with Gasteiger partial charge in [-0.15, -0.1) is 0 Å². The maximum atomic E-state index is 11.9. The second kappa shape index (κ2) is 5.59. The minimum atomic E-state index is -0.358. The van der Waals surface area contributed by atoms with Crippen molar-refractivity contribution >= 4 is 23.5 Å². The quantitative estimate of drug-likeness (QED) is 0.663. The first-order valence-electron chi connectivity index (χ1n) is 5.56. The van der Waals surface area contributed by atoms with E-state index >= 15 is 0 Å². The van der Waals surface area contributed by atoms with Gasteiger partial charge in [0.25, 0.3) is 0 Å². The zero-order valence-corrected chi connectivity index (χ0v) is 10.6. The molecular weight excluding hydrogens is 264 g/mol. The van der Waals surface area contributed by atoms with E-state index in [2.05, 4.69) is 0 Å². The van der Waals surface area contributed by atoms with E-state index in [9.17, 15) is 15.0 Å². The van der Waals surface area contributed by atoms with E-state index < -0.39 is 0 Å². The molecule has 0 aromatic heterocycles. The van der Waals surface area contributed by atoms with Crippen molar-refractivity contribution in [2.45, 2.75) is 0 Å². The summed E-state index contributed by atoms with van der Waals surface area (Å²) in [5.41, 5.74) is 0.832. The van der Waals surface area contributed by atoms with Crippen LogP contribution < -0.4 is 0 Å². The number of hydrogen-bond donors (Lipinski definition) is 2. The Morgan fingerprint density at radius 2 is 1.89 bits per heavy atom. The Labute approximate surface area is 115 Å². The van der Waals surface area contributed by atoms with Gasteiger partial charge in [0.2, 0.25) is 0 Å². The lowest BCUT2D eigenvalue weighted by Crippen LogP contribution is -1.94. The first-order chi connectivity index (χ1) is 9.06. The fraction of sp³-hybridized carbons (Fsp3) is 0. The molecule has 2 rings (SSSR count). The molecule has 0 spiro atoms. The van der Waals surface area contributed by atoms with E-state index in [0.717, 1.165) is 0 Å². The lowest BCUT2D eigenvalue weighted by Gasteiger charge is -2.01. The molecular formula is C15H11ClO3. The molecule has 0 amide bonds. The van der Waals surface area contributed by atoms with Gasteiger partial charge in [-0.3, -0.25) is 4.79 Å². The van der Waals surface area contributed by atoms with Crippen molar-refractivity contribution in [1.29, 1.82) is 0 Å². The monoisotopic (exact) mass is 274 g/mol. The van der Waals surface area contributed by atoms with Gasteiger partial charge in [0, 0.05) is 5.02 Å². The molecule has 0 saturated carbocycles. The van der Waals surface area contributed by atoms with Crippen LogP contribution in [0.25, 0.3) is 6.08 Å². The molecule has 0 bridgehead atoms. The third-order valence-electron chi connectivity index (χ3n) is 2.52. The molecule has 19 heavy (non-hydrogen) atoms. The van der Waals surface area contributed by atoms with Gasteiger partial charge in [-0.25, -0.2) is 0 Å². The number of allylic oxidation sites excluding steroid dienone is 1. The van der Waals surface area contributed by atoms with E-state index in [1.165, 1.54) is 30.3 Å². The molecule has 0 atom stereocenters. The molecule has 96 valence electrons. The van der Waals surface area contributed by atoms with Gasteiger partial charge in [-0.05, 0) is 42.0 Å². The maximum absolute atomic E-state index is 11.9. The summed E-state index contributed by atoms with van der Waals surface area (Å²) in [6.45, 7) is 0. The Balaban J connectivity index is 2.23. The van der Waals surface area contributed by atoms with Gasteiger partial charge in [-0.2, -0.15) is 0 Å². The van der Waals surface area contributed by atoms with E-state index in [0.29, 0.717) is 10.6 Å². The molecule has 0 unspecified atom stereocenters. The van der Waals surface area contributed by atoms with Crippen LogP contribution in [0.1, 0.15) is 15.9 Å². The third-order valence-corrected chi connectivity index (χ3v) is 2.76. The van der Waals surface area contributed by atoms with Crippen LogP contribution >= 0.6 is 11.6 Å². The second-order valence-electron chi connectivity index (χ2n) is 3.95. The smallest absolute Gasteiger partial charge is 0.189 e. The van der Waals surface area contributed by atoms with E-state index in [1.807, 2.05) is 0 Å². The first kappa shape index (κ1) is 13.2. The summed E-state index contributed by atoms with van der Waals surface area (Å²) < 4.78 is 0. The molecule has 4 heteroatoms. The summed E-state index contributed by atoms with van der Waals surface area (Å²) in [5, 5.41) is 19.3. The van der Waals surface area contributed by atoms with Crippen molar-refractivity contribution in [3.63, 3.8) is 0 Å². The molecule has 3 nitrogen and oxygen atoms in total. The normalized spacial score (nSPS) is 10.8. The van der Waals surface area contributed by atoms with Crippen LogP contribution in [0.4, 0.5) is 0 Å². The number of benzene rings is 2. The van der Waals surface area contributed by atoms with Crippen molar-refractivity contribution < 1.29 is 15.0 Å². The summed E-state index contributed by atoms with van der Waals surface area (Å²) in [6, 6.07) is 10.8. The zero-order valence-electron chi connectivity index (χ0n) is 9.88. The summed E-state index contributed by atoms with van der Waals surface area (Å²) in [5.74, 6) is -0.349. The molecule has 2 aromatic carbocycles. The summed E-state index contributed by atoms with van der Waals surface area (Å²) in [6.07, 6.45) is 2.88. The van der Waals surface area contributed by atoms with Crippen molar-refractivity contribution in [1.82, 2.24) is 0 Å². The van der Waals surface area contributed by atoms with E-state index in [1.54, 1.807) is 24.3 Å². The number of rotatable bonds is 3. The fourth-order valence-corrected chi connectivity index (χ4v) is 1.77. The van der Waals surface area contributed by atoms with Crippen LogP contribution in [0.3, 0.4) is 0 Å². The van der Waals surface area contributed by atoms with E-state index in [4.69, 9.17) is 11.6 Å². The predicted molar refractivity (Wildman–Crippen MR) is 74.6 cm³/mol. The van der Waals surface area contributed by atoms with Crippen LogP contribution in [-0.2, 0) is 0 Å². The number of carbonyl (C=O) groups is 1. The van der Waals surface area contributed by atoms with Gasteiger partial charge in [-0.1, -0.05) is 29.8 Å². The zero-order chi connectivity index (χ0) is 13.8. The molecule has 2 N–H and O–H groups in total. The van der Waals surface area contributed by atoms with Crippen molar-refractivity contribution in [2.24, 2.45) is 0 Å².